The molecule has 168 valence electrons. The molecule has 0 radical (unpaired) electrons. The first-order chi connectivity index (χ1) is 16.2. The third-order valence-electron chi connectivity index (χ3n) is 6.30. The number of likely N-dealkylation sites (tertiary alicyclic amines) is 1. The molecule has 1 saturated heterocycles. The molecular formula is C28H29N3O2. The van der Waals surface area contributed by atoms with Crippen molar-refractivity contribution in [3.63, 3.8) is 0 Å². The summed E-state index contributed by atoms with van der Waals surface area (Å²) < 4.78 is 5.32. The van der Waals surface area contributed by atoms with E-state index in [4.69, 9.17) is 4.74 Å². The second kappa shape index (κ2) is 10.8. The van der Waals surface area contributed by atoms with Crippen molar-refractivity contribution in [3.8, 4) is 22.9 Å². The summed E-state index contributed by atoms with van der Waals surface area (Å²) in [7, 11) is 1.67. The number of piperidine rings is 1. The third-order valence-corrected chi connectivity index (χ3v) is 6.30. The number of carbonyl (C=O) groups excluding carboxylic acids is 1. The highest BCUT2D eigenvalue weighted by Gasteiger charge is 2.24. The number of rotatable bonds is 7. The van der Waals surface area contributed by atoms with Crippen LogP contribution in [0.2, 0.25) is 0 Å². The van der Waals surface area contributed by atoms with Gasteiger partial charge in [0.25, 0.3) is 5.91 Å². The number of benzene rings is 3. The fourth-order valence-electron chi connectivity index (χ4n) is 4.53. The molecule has 0 aromatic heterocycles. The summed E-state index contributed by atoms with van der Waals surface area (Å²) in [5.41, 5.74) is 3.84. The maximum Gasteiger partial charge on any atom is 0.251 e. The van der Waals surface area contributed by atoms with Gasteiger partial charge in [-0.3, -0.25) is 9.69 Å². The molecule has 0 spiro atoms. The quantitative estimate of drug-likeness (QED) is 0.550. The van der Waals surface area contributed by atoms with Crippen LogP contribution in [0.4, 0.5) is 0 Å². The van der Waals surface area contributed by atoms with Crippen LogP contribution in [0.1, 0.15) is 46.8 Å². The Morgan fingerprint density at radius 3 is 2.33 bits per heavy atom. The number of carbonyl (C=O) groups is 1. The van der Waals surface area contributed by atoms with Crippen molar-refractivity contribution >= 4 is 5.91 Å². The Hall–Kier alpha value is -3.62. The Kier molecular flexibility index (Phi) is 7.39. The van der Waals surface area contributed by atoms with Crippen molar-refractivity contribution in [1.29, 1.82) is 5.26 Å². The predicted molar refractivity (Wildman–Crippen MR) is 130 cm³/mol. The van der Waals surface area contributed by atoms with Crippen molar-refractivity contribution < 1.29 is 9.53 Å². The highest BCUT2D eigenvalue weighted by molar-refractivity contribution is 6.01. The number of nitrogens with one attached hydrogen (secondary N) is 1. The Morgan fingerprint density at radius 1 is 0.970 bits per heavy atom. The van der Waals surface area contributed by atoms with Crippen molar-refractivity contribution in [1.82, 2.24) is 10.2 Å². The van der Waals surface area contributed by atoms with Gasteiger partial charge < -0.3 is 10.1 Å². The average Bonchev–Trinajstić information content (AvgIpc) is 2.89. The molecule has 33 heavy (non-hydrogen) atoms. The van der Waals surface area contributed by atoms with Crippen LogP contribution in [0.5, 0.6) is 5.75 Å². The number of ether oxygens (including phenoxy) is 1. The maximum absolute atomic E-state index is 13.3. The monoisotopic (exact) mass is 439 g/mol. The van der Waals surface area contributed by atoms with Gasteiger partial charge >= 0.3 is 0 Å². The van der Waals surface area contributed by atoms with Gasteiger partial charge in [0.1, 0.15) is 5.75 Å². The zero-order valence-electron chi connectivity index (χ0n) is 19.0. The second-order valence-electron chi connectivity index (χ2n) is 8.30. The molecular weight excluding hydrogens is 410 g/mol. The van der Waals surface area contributed by atoms with E-state index in [9.17, 15) is 10.1 Å². The normalized spacial score (nSPS) is 14.8. The van der Waals surface area contributed by atoms with Gasteiger partial charge in [0.05, 0.1) is 24.8 Å². The molecule has 1 aliphatic rings. The van der Waals surface area contributed by atoms with Crippen LogP contribution in [-0.2, 0) is 0 Å². The van der Waals surface area contributed by atoms with Crippen LogP contribution >= 0.6 is 0 Å². The summed E-state index contributed by atoms with van der Waals surface area (Å²) >= 11 is 0. The SMILES string of the molecule is COc1ccc([C@H](CNC(=O)c2ccccc2-c2ccccc2C#N)N2CCCCC2)cc1. The van der Waals surface area contributed by atoms with Crippen molar-refractivity contribution in [2.24, 2.45) is 0 Å². The van der Waals surface area contributed by atoms with Crippen LogP contribution < -0.4 is 10.1 Å². The molecule has 1 aliphatic heterocycles. The average molecular weight is 440 g/mol. The largest absolute Gasteiger partial charge is 0.497 e. The molecule has 1 heterocycles. The number of hydrogen-bond donors (Lipinski definition) is 1. The van der Waals surface area contributed by atoms with Crippen molar-refractivity contribution in [2.45, 2.75) is 25.3 Å². The lowest BCUT2D eigenvalue weighted by Gasteiger charge is -2.35. The molecule has 0 bridgehead atoms. The Bertz CT molecular complexity index is 1130. The smallest absolute Gasteiger partial charge is 0.251 e. The Labute approximate surface area is 195 Å². The highest BCUT2D eigenvalue weighted by atomic mass is 16.5. The molecule has 3 aromatic carbocycles. The standard InChI is InChI=1S/C28H29N3O2/c1-33-23-15-13-21(14-16-23)27(31-17-7-2-8-18-31)20-30-28(32)26-12-6-5-11-25(26)24-10-4-3-9-22(24)19-29/h3-6,9-16,27H,2,7-8,17-18,20H2,1H3,(H,30,32)/t27-/m0/s1. The number of methoxy groups -OCH3 is 1. The first kappa shape index (κ1) is 22.6. The van der Waals surface area contributed by atoms with E-state index in [0.717, 1.165) is 30.0 Å². The van der Waals surface area contributed by atoms with E-state index < -0.39 is 0 Å². The molecule has 0 saturated carbocycles. The summed E-state index contributed by atoms with van der Waals surface area (Å²) in [5, 5.41) is 12.7. The lowest BCUT2D eigenvalue weighted by atomic mass is 9.95. The minimum absolute atomic E-state index is 0.0960. The van der Waals surface area contributed by atoms with E-state index in [1.807, 2.05) is 54.6 Å². The summed E-state index contributed by atoms with van der Waals surface area (Å²) in [6.07, 6.45) is 3.60. The van der Waals surface area contributed by atoms with Gasteiger partial charge in [0, 0.05) is 17.7 Å². The lowest BCUT2D eigenvalue weighted by molar-refractivity contribution is 0.0925. The van der Waals surface area contributed by atoms with Gasteiger partial charge in [-0.05, 0) is 61.3 Å². The van der Waals surface area contributed by atoms with Crippen molar-refractivity contribution in [2.75, 3.05) is 26.7 Å². The molecule has 5 nitrogen and oxygen atoms in total. The first-order valence-electron chi connectivity index (χ1n) is 11.5. The zero-order chi connectivity index (χ0) is 23.0. The number of hydrogen-bond acceptors (Lipinski definition) is 4. The molecule has 1 N–H and O–H groups in total. The van der Waals surface area contributed by atoms with E-state index in [1.165, 1.54) is 24.8 Å². The number of amides is 1. The number of nitrogens with zero attached hydrogens (tertiary/aromatic N) is 2. The molecule has 5 heteroatoms. The van der Waals surface area contributed by atoms with E-state index >= 15 is 0 Å². The highest BCUT2D eigenvalue weighted by Crippen LogP contribution is 2.28. The van der Waals surface area contributed by atoms with Gasteiger partial charge in [0.15, 0.2) is 0 Å². The summed E-state index contributed by atoms with van der Waals surface area (Å²) in [4.78, 5) is 15.8. The summed E-state index contributed by atoms with van der Waals surface area (Å²) in [6, 6.07) is 25.3. The molecule has 0 aliphatic carbocycles. The van der Waals surface area contributed by atoms with Gasteiger partial charge in [-0.2, -0.15) is 5.26 Å². The zero-order valence-corrected chi connectivity index (χ0v) is 19.0. The van der Waals surface area contributed by atoms with Crippen LogP contribution in [0.25, 0.3) is 11.1 Å². The van der Waals surface area contributed by atoms with Crippen LogP contribution in [-0.4, -0.2) is 37.6 Å². The Balaban J connectivity index is 1.57. The van der Waals surface area contributed by atoms with Gasteiger partial charge in [-0.1, -0.05) is 55.0 Å². The number of nitriles is 1. The van der Waals surface area contributed by atoms with E-state index in [2.05, 4.69) is 28.4 Å². The van der Waals surface area contributed by atoms with Gasteiger partial charge in [0.2, 0.25) is 0 Å². The second-order valence-corrected chi connectivity index (χ2v) is 8.30. The fraction of sp³-hybridized carbons (Fsp3) is 0.286. The molecule has 1 amide bonds. The Morgan fingerprint density at radius 2 is 1.64 bits per heavy atom. The summed E-state index contributed by atoms with van der Waals surface area (Å²) in [5.74, 6) is 0.694. The molecule has 3 aromatic rings. The fourth-order valence-corrected chi connectivity index (χ4v) is 4.53. The van der Waals surface area contributed by atoms with E-state index in [-0.39, 0.29) is 11.9 Å². The molecule has 1 fully saturated rings. The lowest BCUT2D eigenvalue weighted by Crippen LogP contribution is -2.40. The topological polar surface area (TPSA) is 65.4 Å². The molecule has 4 rings (SSSR count). The van der Waals surface area contributed by atoms with Gasteiger partial charge in [-0.25, -0.2) is 0 Å². The maximum atomic E-state index is 13.3. The van der Waals surface area contributed by atoms with E-state index in [1.54, 1.807) is 13.2 Å². The van der Waals surface area contributed by atoms with Gasteiger partial charge in [-0.15, -0.1) is 0 Å². The summed E-state index contributed by atoms with van der Waals surface area (Å²) in [6.45, 7) is 2.57. The third kappa shape index (κ3) is 5.24. The molecule has 0 unspecified atom stereocenters. The van der Waals surface area contributed by atoms with E-state index in [0.29, 0.717) is 17.7 Å². The minimum Gasteiger partial charge on any atom is -0.497 e. The predicted octanol–water partition coefficient (Wildman–Crippen LogP) is 5.19. The minimum atomic E-state index is -0.131. The first-order valence-corrected chi connectivity index (χ1v) is 11.5. The van der Waals surface area contributed by atoms with Crippen LogP contribution in [0.3, 0.4) is 0 Å². The molecule has 1 atom stereocenters. The van der Waals surface area contributed by atoms with Crippen molar-refractivity contribution in [3.05, 3.63) is 89.5 Å². The van der Waals surface area contributed by atoms with Crippen LogP contribution in [0, 0.1) is 11.3 Å². The van der Waals surface area contributed by atoms with Crippen LogP contribution in [0.15, 0.2) is 72.8 Å².